The van der Waals surface area contributed by atoms with E-state index in [9.17, 15) is 9.59 Å². The topological polar surface area (TPSA) is 80.2 Å². The third kappa shape index (κ3) is 4.00. The number of methoxy groups -OCH3 is 2. The normalized spacial score (nSPS) is 18.3. The smallest absolute Gasteiger partial charge is 0.238 e. The fourth-order valence-corrected chi connectivity index (χ4v) is 3.77. The number of benzene rings is 2. The predicted octanol–water partition coefficient (Wildman–Crippen LogP) is 2.93. The first kappa shape index (κ1) is 19.1. The third-order valence-electron chi connectivity index (χ3n) is 5.32. The number of fused-ring (bicyclic) bond motifs is 2. The zero-order valence-electron chi connectivity index (χ0n) is 16.5. The number of Topliss-reactive ketones (excluding diaryl/α,β-unsaturated/α-hetero) is 1. The number of hydrogen-bond acceptors (Lipinski definition) is 6. The van der Waals surface area contributed by atoms with E-state index in [1.165, 1.54) is 0 Å². The number of likely N-dealkylation sites (tertiary alicyclic amines) is 1. The first-order valence-corrected chi connectivity index (χ1v) is 9.53. The summed E-state index contributed by atoms with van der Waals surface area (Å²) in [7, 11) is 3.18. The lowest BCUT2D eigenvalue weighted by Gasteiger charge is -2.34. The highest BCUT2D eigenvalue weighted by Crippen LogP contribution is 2.34. The summed E-state index contributed by atoms with van der Waals surface area (Å²) in [6.45, 7) is 1.42. The molecule has 1 unspecified atom stereocenters. The molecule has 0 aromatic heterocycles. The highest BCUT2D eigenvalue weighted by Gasteiger charge is 2.36. The number of carbonyl (C=O) groups excluding carboxylic acids is 2. The maximum atomic E-state index is 13.0. The molecule has 0 spiro atoms. The number of hydrogen-bond donors (Lipinski definition) is 1. The molecule has 1 fully saturated rings. The van der Waals surface area contributed by atoms with E-state index in [0.717, 1.165) is 11.5 Å². The Balaban J connectivity index is 1.41. The number of amides is 1. The molecule has 0 radical (unpaired) electrons. The summed E-state index contributed by atoms with van der Waals surface area (Å²) in [5.41, 5.74) is 2.90. The van der Waals surface area contributed by atoms with Crippen molar-refractivity contribution in [2.24, 2.45) is 10.9 Å². The number of piperidine rings is 1. The molecule has 2 heterocycles. The van der Waals surface area contributed by atoms with Crippen molar-refractivity contribution in [3.63, 3.8) is 0 Å². The summed E-state index contributed by atoms with van der Waals surface area (Å²) < 4.78 is 10.4. The highest BCUT2D eigenvalue weighted by molar-refractivity contribution is 6.18. The Hall–Kier alpha value is -3.19. The van der Waals surface area contributed by atoms with Crippen molar-refractivity contribution in [1.82, 2.24) is 4.90 Å². The number of carbonyl (C=O) groups is 2. The fourth-order valence-electron chi connectivity index (χ4n) is 3.77. The van der Waals surface area contributed by atoms with Crippen molar-refractivity contribution >= 4 is 28.8 Å². The maximum Gasteiger partial charge on any atom is 0.238 e. The molecule has 29 heavy (non-hydrogen) atoms. The molecule has 2 aliphatic rings. The van der Waals surface area contributed by atoms with Gasteiger partial charge in [-0.1, -0.05) is 0 Å². The molecule has 1 N–H and O–H groups in total. The van der Waals surface area contributed by atoms with Crippen LogP contribution in [0.25, 0.3) is 0 Å². The van der Waals surface area contributed by atoms with Gasteiger partial charge in [0.1, 0.15) is 11.5 Å². The zero-order chi connectivity index (χ0) is 20.4. The van der Waals surface area contributed by atoms with Crippen molar-refractivity contribution < 1.29 is 19.1 Å². The second-order valence-electron chi connectivity index (χ2n) is 7.16. The van der Waals surface area contributed by atoms with Crippen molar-refractivity contribution in [1.29, 1.82) is 0 Å². The van der Waals surface area contributed by atoms with Gasteiger partial charge in [-0.3, -0.25) is 19.5 Å². The Morgan fingerprint density at radius 1 is 1.14 bits per heavy atom. The molecule has 2 aromatic carbocycles. The van der Waals surface area contributed by atoms with E-state index in [0.29, 0.717) is 42.2 Å². The van der Waals surface area contributed by atoms with Gasteiger partial charge in [-0.05, 0) is 48.9 Å². The molecule has 150 valence electrons. The van der Waals surface area contributed by atoms with Crippen LogP contribution in [0.4, 0.5) is 11.4 Å². The van der Waals surface area contributed by atoms with Crippen LogP contribution >= 0.6 is 0 Å². The molecule has 7 nitrogen and oxygen atoms in total. The summed E-state index contributed by atoms with van der Waals surface area (Å²) in [6.07, 6.45) is 0.678. The number of nitrogens with zero attached hydrogens (tertiary/aromatic N) is 2. The Morgan fingerprint density at radius 3 is 2.59 bits per heavy atom. The van der Waals surface area contributed by atoms with Crippen LogP contribution in [0.2, 0.25) is 0 Å². The lowest BCUT2D eigenvalue weighted by molar-refractivity contribution is -0.117. The number of aliphatic imine (C=N–C) groups is 1. The van der Waals surface area contributed by atoms with Gasteiger partial charge in [0.15, 0.2) is 5.78 Å². The van der Waals surface area contributed by atoms with Crippen LogP contribution in [0.1, 0.15) is 16.8 Å². The van der Waals surface area contributed by atoms with Gasteiger partial charge in [-0.15, -0.1) is 0 Å². The van der Waals surface area contributed by atoms with Crippen molar-refractivity contribution in [3.05, 3.63) is 48.0 Å². The molecule has 7 heteroatoms. The van der Waals surface area contributed by atoms with Gasteiger partial charge in [0.2, 0.25) is 5.91 Å². The third-order valence-corrected chi connectivity index (χ3v) is 5.32. The van der Waals surface area contributed by atoms with Gasteiger partial charge in [0.05, 0.1) is 32.4 Å². The van der Waals surface area contributed by atoms with Gasteiger partial charge >= 0.3 is 0 Å². The molecular formula is C22H23N3O4. The number of nitrogens with one attached hydrogen (secondary N) is 1. The number of anilines is 1. The highest BCUT2D eigenvalue weighted by atomic mass is 16.5. The Kier molecular flexibility index (Phi) is 5.31. The second kappa shape index (κ2) is 8.05. The largest absolute Gasteiger partial charge is 0.497 e. The van der Waals surface area contributed by atoms with E-state index in [1.54, 1.807) is 44.6 Å². The van der Waals surface area contributed by atoms with E-state index in [1.807, 2.05) is 17.0 Å². The van der Waals surface area contributed by atoms with E-state index in [4.69, 9.17) is 14.5 Å². The minimum atomic E-state index is -0.308. The minimum absolute atomic E-state index is 0.0455. The van der Waals surface area contributed by atoms with Gasteiger partial charge in [-0.25, -0.2) is 0 Å². The maximum absolute atomic E-state index is 13.0. The van der Waals surface area contributed by atoms with Crippen LogP contribution in [0, 0.1) is 5.92 Å². The quantitative estimate of drug-likeness (QED) is 0.845. The minimum Gasteiger partial charge on any atom is -0.497 e. The Labute approximate surface area is 169 Å². The second-order valence-corrected chi connectivity index (χ2v) is 7.16. The molecular weight excluding hydrogens is 370 g/mol. The van der Waals surface area contributed by atoms with Crippen molar-refractivity contribution in [2.45, 2.75) is 6.42 Å². The van der Waals surface area contributed by atoms with Gasteiger partial charge in [0, 0.05) is 30.1 Å². The molecule has 1 saturated heterocycles. The van der Waals surface area contributed by atoms with Crippen molar-refractivity contribution in [2.75, 3.05) is 39.2 Å². The first-order valence-electron chi connectivity index (χ1n) is 9.53. The van der Waals surface area contributed by atoms with E-state index in [2.05, 4.69) is 5.32 Å². The van der Waals surface area contributed by atoms with Crippen LogP contribution in [0.5, 0.6) is 11.5 Å². The monoisotopic (exact) mass is 393 g/mol. The number of rotatable bonds is 5. The average Bonchev–Trinajstić information content (AvgIpc) is 2.74. The molecule has 1 atom stereocenters. The molecule has 0 saturated carbocycles. The van der Waals surface area contributed by atoms with Crippen LogP contribution in [0.15, 0.2) is 47.5 Å². The lowest BCUT2D eigenvalue weighted by Crippen LogP contribution is -2.47. The van der Waals surface area contributed by atoms with Crippen LogP contribution < -0.4 is 14.8 Å². The summed E-state index contributed by atoms with van der Waals surface area (Å²) >= 11 is 0. The summed E-state index contributed by atoms with van der Waals surface area (Å²) in [4.78, 5) is 32.2. The summed E-state index contributed by atoms with van der Waals surface area (Å²) in [5.74, 6) is 1.00. The van der Waals surface area contributed by atoms with E-state index in [-0.39, 0.29) is 24.2 Å². The SMILES string of the molecule is COc1ccc(NC(=O)CN2CCC3=Nc4ccc(OC)cc4C(=O)C3C2)cc1. The van der Waals surface area contributed by atoms with Gasteiger partial charge in [-0.2, -0.15) is 0 Å². The molecule has 0 aliphatic carbocycles. The zero-order valence-corrected chi connectivity index (χ0v) is 16.5. The van der Waals surface area contributed by atoms with Gasteiger partial charge < -0.3 is 14.8 Å². The summed E-state index contributed by atoms with van der Waals surface area (Å²) in [6, 6.07) is 12.6. The molecule has 4 rings (SSSR count). The molecule has 2 aliphatic heterocycles. The Bertz CT molecular complexity index is 969. The number of ether oxygens (including phenoxy) is 2. The predicted molar refractivity (Wildman–Crippen MR) is 111 cm³/mol. The average molecular weight is 393 g/mol. The van der Waals surface area contributed by atoms with Crippen LogP contribution in [-0.4, -0.2) is 56.2 Å². The summed E-state index contributed by atoms with van der Waals surface area (Å²) in [5, 5.41) is 2.89. The first-order chi connectivity index (χ1) is 14.1. The van der Waals surface area contributed by atoms with Gasteiger partial charge in [0.25, 0.3) is 0 Å². The molecule has 0 bridgehead atoms. The fraction of sp³-hybridized carbons (Fsp3) is 0.318. The van der Waals surface area contributed by atoms with Crippen LogP contribution in [0.3, 0.4) is 0 Å². The standard InChI is InChI=1S/C22H23N3O4/c1-28-15-5-3-14(4-6-15)23-21(26)13-25-10-9-20-18(12-25)22(27)17-11-16(29-2)7-8-19(17)24-20/h3-8,11,18H,9-10,12-13H2,1-2H3,(H,23,26). The Morgan fingerprint density at radius 2 is 1.86 bits per heavy atom. The lowest BCUT2D eigenvalue weighted by atomic mass is 9.85. The van der Waals surface area contributed by atoms with E-state index >= 15 is 0 Å². The molecule has 1 amide bonds. The van der Waals surface area contributed by atoms with Crippen molar-refractivity contribution in [3.8, 4) is 11.5 Å². The van der Waals surface area contributed by atoms with Crippen LogP contribution in [-0.2, 0) is 4.79 Å². The van der Waals surface area contributed by atoms with E-state index < -0.39 is 0 Å². The molecule has 2 aromatic rings. The number of ketones is 1.